The van der Waals surface area contributed by atoms with Crippen LogP contribution in [0.2, 0.25) is 0 Å². The van der Waals surface area contributed by atoms with Gasteiger partial charge in [-0.25, -0.2) is 14.6 Å². The molecule has 0 spiro atoms. The number of nitrogens with one attached hydrogen (secondary N) is 1. The second-order valence-corrected chi connectivity index (χ2v) is 7.37. The molecule has 0 unspecified atom stereocenters. The zero-order valence-corrected chi connectivity index (χ0v) is 16.0. The van der Waals surface area contributed by atoms with Gasteiger partial charge in [-0.15, -0.1) is 0 Å². The highest BCUT2D eigenvalue weighted by atomic mass is 16.1. The van der Waals surface area contributed by atoms with Crippen molar-refractivity contribution in [2.45, 2.75) is 71.9 Å². The van der Waals surface area contributed by atoms with Crippen molar-refractivity contribution >= 4 is 5.91 Å². The van der Waals surface area contributed by atoms with Crippen LogP contribution in [0.25, 0.3) is 5.95 Å². The Morgan fingerprint density at radius 2 is 1.77 bits per heavy atom. The number of hydrogen-bond donors (Lipinski definition) is 2. The third-order valence-electron chi connectivity index (χ3n) is 5.08. The number of rotatable bonds is 4. The smallest absolute Gasteiger partial charge is 0.251 e. The highest BCUT2D eigenvalue weighted by Crippen LogP contribution is 2.19. The summed E-state index contributed by atoms with van der Waals surface area (Å²) in [6.07, 6.45) is 4.20. The Kier molecular flexibility index (Phi) is 5.36. The van der Waals surface area contributed by atoms with Gasteiger partial charge in [0.1, 0.15) is 0 Å². The first-order valence-corrected chi connectivity index (χ1v) is 9.26. The molecule has 1 saturated carbocycles. The molecule has 1 aliphatic carbocycles. The summed E-state index contributed by atoms with van der Waals surface area (Å²) in [4.78, 5) is 21.5. The summed E-state index contributed by atoms with van der Waals surface area (Å²) in [6, 6.07) is 2.45. The number of hydrogen-bond acceptors (Lipinski definition) is 5. The minimum Gasteiger partial charge on any atom is -0.353 e. The Bertz CT molecular complexity index is 784. The van der Waals surface area contributed by atoms with Crippen LogP contribution in [0.15, 0.2) is 6.07 Å². The lowest BCUT2D eigenvalue weighted by Gasteiger charge is -2.26. The van der Waals surface area contributed by atoms with Crippen molar-refractivity contribution in [1.29, 1.82) is 0 Å². The third-order valence-corrected chi connectivity index (χ3v) is 5.08. The summed E-state index contributed by atoms with van der Waals surface area (Å²) in [5.41, 5.74) is 10.4. The van der Waals surface area contributed by atoms with Crippen molar-refractivity contribution in [3.05, 3.63) is 34.4 Å². The van der Waals surface area contributed by atoms with Gasteiger partial charge in [0.25, 0.3) is 5.95 Å². The van der Waals surface area contributed by atoms with Crippen LogP contribution in [-0.2, 0) is 11.2 Å². The molecule has 0 aromatic carbocycles. The molecule has 0 saturated heterocycles. The normalized spacial score (nSPS) is 20.2. The molecule has 3 N–H and O–H groups in total. The molecule has 140 valence electrons. The van der Waals surface area contributed by atoms with Crippen molar-refractivity contribution in [2.24, 2.45) is 5.73 Å². The molecule has 7 nitrogen and oxygen atoms in total. The molecular formula is C19H28N6O. The molecule has 26 heavy (non-hydrogen) atoms. The SMILES string of the molecule is Cc1cc(C)nc(-n2nc(C)c(CC(=O)NC3CCC(N)CC3)c2C)n1. The standard InChI is InChI=1S/C19H28N6O/c1-11-9-12(2)22-19(21-11)25-14(4)17(13(3)24-25)10-18(26)23-16-7-5-15(20)6-8-16/h9,15-16H,5-8,10,20H2,1-4H3,(H,23,26). The van der Waals surface area contributed by atoms with Gasteiger partial charge in [0.2, 0.25) is 5.91 Å². The summed E-state index contributed by atoms with van der Waals surface area (Å²) < 4.78 is 1.73. The van der Waals surface area contributed by atoms with Crippen LogP contribution in [0.5, 0.6) is 0 Å². The number of aryl methyl sites for hydroxylation is 3. The van der Waals surface area contributed by atoms with Crippen LogP contribution in [0.1, 0.15) is 54.0 Å². The lowest BCUT2D eigenvalue weighted by atomic mass is 9.91. The zero-order valence-electron chi connectivity index (χ0n) is 16.0. The van der Waals surface area contributed by atoms with E-state index in [1.54, 1.807) is 4.68 Å². The Balaban J connectivity index is 1.74. The Morgan fingerprint density at radius 1 is 1.15 bits per heavy atom. The number of nitrogens with two attached hydrogens (primary N) is 1. The van der Waals surface area contributed by atoms with Gasteiger partial charge in [0.15, 0.2) is 0 Å². The van der Waals surface area contributed by atoms with Crippen molar-refractivity contribution < 1.29 is 4.79 Å². The van der Waals surface area contributed by atoms with E-state index in [4.69, 9.17) is 5.73 Å². The number of aromatic nitrogens is 4. The van der Waals surface area contributed by atoms with Crippen LogP contribution in [0, 0.1) is 27.7 Å². The lowest BCUT2D eigenvalue weighted by Crippen LogP contribution is -2.41. The van der Waals surface area contributed by atoms with Gasteiger partial charge in [-0.1, -0.05) is 0 Å². The van der Waals surface area contributed by atoms with E-state index < -0.39 is 0 Å². The number of carbonyl (C=O) groups excluding carboxylic acids is 1. The Labute approximate surface area is 154 Å². The minimum absolute atomic E-state index is 0.0394. The molecule has 2 aromatic rings. The molecule has 2 aromatic heterocycles. The molecule has 0 atom stereocenters. The van der Waals surface area contributed by atoms with Crippen LogP contribution in [0.4, 0.5) is 0 Å². The van der Waals surface area contributed by atoms with E-state index in [9.17, 15) is 4.79 Å². The van der Waals surface area contributed by atoms with Gasteiger partial charge in [-0.2, -0.15) is 5.10 Å². The molecule has 3 rings (SSSR count). The van der Waals surface area contributed by atoms with E-state index in [1.165, 1.54) is 0 Å². The first-order valence-electron chi connectivity index (χ1n) is 9.26. The van der Waals surface area contributed by atoms with Crippen molar-refractivity contribution in [1.82, 2.24) is 25.1 Å². The van der Waals surface area contributed by atoms with E-state index >= 15 is 0 Å². The fourth-order valence-electron chi connectivity index (χ4n) is 3.63. The summed E-state index contributed by atoms with van der Waals surface area (Å²) >= 11 is 0. The van der Waals surface area contributed by atoms with Crippen molar-refractivity contribution in [3.8, 4) is 5.95 Å². The number of amides is 1. The molecule has 0 bridgehead atoms. The molecule has 0 aliphatic heterocycles. The van der Waals surface area contributed by atoms with Gasteiger partial charge in [-0.3, -0.25) is 4.79 Å². The molecule has 1 fully saturated rings. The quantitative estimate of drug-likeness (QED) is 0.871. The van der Waals surface area contributed by atoms with Crippen molar-refractivity contribution in [3.63, 3.8) is 0 Å². The molecule has 1 amide bonds. The van der Waals surface area contributed by atoms with Gasteiger partial charge >= 0.3 is 0 Å². The van der Waals surface area contributed by atoms with Gasteiger partial charge < -0.3 is 11.1 Å². The van der Waals surface area contributed by atoms with Gasteiger partial charge in [-0.05, 0) is 59.4 Å². The number of nitrogens with zero attached hydrogens (tertiary/aromatic N) is 4. The predicted molar refractivity (Wildman–Crippen MR) is 100 cm³/mol. The fourth-order valence-corrected chi connectivity index (χ4v) is 3.63. The average Bonchev–Trinajstić information content (AvgIpc) is 2.84. The van der Waals surface area contributed by atoms with Crippen LogP contribution in [-0.4, -0.2) is 37.7 Å². The van der Waals surface area contributed by atoms with Gasteiger partial charge in [0, 0.05) is 34.7 Å². The first-order chi connectivity index (χ1) is 12.3. The molecule has 7 heteroatoms. The summed E-state index contributed by atoms with van der Waals surface area (Å²) in [5.74, 6) is 0.591. The van der Waals surface area contributed by atoms with Crippen LogP contribution < -0.4 is 11.1 Å². The first kappa shape index (κ1) is 18.5. The zero-order chi connectivity index (χ0) is 18.8. The minimum atomic E-state index is 0.0394. The van der Waals surface area contributed by atoms with Gasteiger partial charge in [0.05, 0.1) is 12.1 Å². The van der Waals surface area contributed by atoms with E-state index in [1.807, 2.05) is 33.8 Å². The number of carbonyl (C=O) groups is 1. The Hall–Kier alpha value is -2.28. The second kappa shape index (κ2) is 7.53. The molecule has 0 radical (unpaired) electrons. The van der Waals surface area contributed by atoms with Crippen molar-refractivity contribution in [2.75, 3.05) is 0 Å². The molecule has 1 aliphatic rings. The maximum absolute atomic E-state index is 12.5. The van der Waals surface area contributed by atoms with E-state index in [0.29, 0.717) is 12.4 Å². The highest BCUT2D eigenvalue weighted by molar-refractivity contribution is 5.79. The van der Waals surface area contributed by atoms with Crippen LogP contribution in [0.3, 0.4) is 0 Å². The molecule has 2 heterocycles. The lowest BCUT2D eigenvalue weighted by molar-refractivity contribution is -0.121. The second-order valence-electron chi connectivity index (χ2n) is 7.37. The van der Waals surface area contributed by atoms with E-state index in [0.717, 1.165) is 54.0 Å². The highest BCUT2D eigenvalue weighted by Gasteiger charge is 2.22. The van der Waals surface area contributed by atoms with E-state index in [-0.39, 0.29) is 18.0 Å². The third kappa shape index (κ3) is 4.09. The van der Waals surface area contributed by atoms with Crippen LogP contribution >= 0.6 is 0 Å². The predicted octanol–water partition coefficient (Wildman–Crippen LogP) is 1.82. The largest absolute Gasteiger partial charge is 0.353 e. The topological polar surface area (TPSA) is 98.7 Å². The van der Waals surface area contributed by atoms with E-state index in [2.05, 4.69) is 20.4 Å². The maximum atomic E-state index is 12.5. The summed E-state index contributed by atoms with van der Waals surface area (Å²) in [5, 5.41) is 7.71. The summed E-state index contributed by atoms with van der Waals surface area (Å²) in [7, 11) is 0. The fraction of sp³-hybridized carbons (Fsp3) is 0.579. The Morgan fingerprint density at radius 3 is 2.38 bits per heavy atom. The maximum Gasteiger partial charge on any atom is 0.251 e. The summed E-state index contributed by atoms with van der Waals surface area (Å²) in [6.45, 7) is 7.76. The average molecular weight is 356 g/mol. The molecular weight excluding hydrogens is 328 g/mol. The monoisotopic (exact) mass is 356 g/mol.